The van der Waals surface area contributed by atoms with Gasteiger partial charge >= 0.3 is 0 Å². The number of rotatable bonds is 3. The first-order chi connectivity index (χ1) is 8.93. The molecule has 1 atom stereocenters. The molecule has 1 aromatic carbocycles. The van der Waals surface area contributed by atoms with Crippen LogP contribution in [0.25, 0.3) is 0 Å². The number of aliphatic hydroxyl groups is 1. The first-order valence-electron chi connectivity index (χ1n) is 6.58. The van der Waals surface area contributed by atoms with Crippen molar-refractivity contribution in [3.05, 3.63) is 23.8 Å². The maximum absolute atomic E-state index is 11.7. The van der Waals surface area contributed by atoms with Crippen molar-refractivity contribution in [2.75, 3.05) is 30.3 Å². The van der Waals surface area contributed by atoms with Gasteiger partial charge in [-0.2, -0.15) is 0 Å². The van der Waals surface area contributed by atoms with Gasteiger partial charge in [0.15, 0.2) is 0 Å². The number of nitrogens with two attached hydrogens (primary N) is 1. The summed E-state index contributed by atoms with van der Waals surface area (Å²) in [6.45, 7) is 5.64. The number of benzene rings is 1. The molecule has 2 rings (SSSR count). The van der Waals surface area contributed by atoms with Gasteiger partial charge in [-0.1, -0.05) is 0 Å². The molecule has 0 spiro atoms. The predicted molar refractivity (Wildman–Crippen MR) is 76.3 cm³/mol. The van der Waals surface area contributed by atoms with Crippen LogP contribution < -0.4 is 16.0 Å². The van der Waals surface area contributed by atoms with Crippen LogP contribution in [0.4, 0.5) is 11.4 Å². The summed E-state index contributed by atoms with van der Waals surface area (Å²) >= 11 is 0. The number of nitrogens with one attached hydrogen (secondary N) is 1. The van der Waals surface area contributed by atoms with Crippen LogP contribution in [-0.2, 0) is 0 Å². The van der Waals surface area contributed by atoms with Crippen molar-refractivity contribution in [1.29, 1.82) is 0 Å². The molecule has 19 heavy (non-hydrogen) atoms. The third kappa shape index (κ3) is 2.98. The standard InChI is InChI=1S/C14H21N3O2/c1-3-16-13(18)10-4-5-12(11(15)8-10)17-7-6-14(2,19)9-17/h4-5,8,19H,3,6-7,9,15H2,1-2H3,(H,16,18). The minimum absolute atomic E-state index is 0.117. The van der Waals surface area contributed by atoms with Gasteiger partial charge in [0, 0.05) is 25.2 Å². The minimum Gasteiger partial charge on any atom is -0.397 e. The normalized spacial score (nSPS) is 22.6. The lowest BCUT2D eigenvalue weighted by Crippen LogP contribution is -2.30. The van der Waals surface area contributed by atoms with E-state index in [0.29, 0.717) is 24.3 Å². The monoisotopic (exact) mass is 263 g/mol. The zero-order chi connectivity index (χ0) is 14.0. The van der Waals surface area contributed by atoms with Crippen molar-refractivity contribution in [3.63, 3.8) is 0 Å². The van der Waals surface area contributed by atoms with Crippen LogP contribution in [0.2, 0.25) is 0 Å². The Morgan fingerprint density at radius 3 is 2.84 bits per heavy atom. The number of hydrogen-bond acceptors (Lipinski definition) is 4. The molecule has 1 heterocycles. The molecule has 1 amide bonds. The summed E-state index contributed by atoms with van der Waals surface area (Å²) in [5, 5.41) is 12.7. The first kappa shape index (κ1) is 13.7. The van der Waals surface area contributed by atoms with Gasteiger partial charge in [-0.05, 0) is 38.5 Å². The lowest BCUT2D eigenvalue weighted by molar-refractivity contribution is 0.0839. The quantitative estimate of drug-likeness (QED) is 0.710. The maximum Gasteiger partial charge on any atom is 0.251 e. The lowest BCUT2D eigenvalue weighted by Gasteiger charge is -2.22. The fourth-order valence-electron chi connectivity index (χ4n) is 2.40. The average molecular weight is 263 g/mol. The van der Waals surface area contributed by atoms with E-state index in [1.165, 1.54) is 0 Å². The number of nitrogen functional groups attached to an aromatic ring is 1. The molecule has 0 radical (unpaired) electrons. The summed E-state index contributed by atoms with van der Waals surface area (Å²) in [4.78, 5) is 13.8. The predicted octanol–water partition coefficient (Wildman–Crippen LogP) is 0.980. The van der Waals surface area contributed by atoms with E-state index in [1.54, 1.807) is 12.1 Å². The van der Waals surface area contributed by atoms with Crippen LogP contribution in [0, 0.1) is 0 Å². The topological polar surface area (TPSA) is 78.6 Å². The molecule has 1 aromatic rings. The highest BCUT2D eigenvalue weighted by molar-refractivity contribution is 5.96. The van der Waals surface area contributed by atoms with Gasteiger partial charge in [0.1, 0.15) is 0 Å². The van der Waals surface area contributed by atoms with E-state index >= 15 is 0 Å². The van der Waals surface area contributed by atoms with Crippen LogP contribution in [0.3, 0.4) is 0 Å². The molecule has 5 nitrogen and oxygen atoms in total. The smallest absolute Gasteiger partial charge is 0.251 e. The van der Waals surface area contributed by atoms with Crippen molar-refractivity contribution in [3.8, 4) is 0 Å². The summed E-state index contributed by atoms with van der Waals surface area (Å²) in [6.07, 6.45) is 0.727. The molecule has 1 aliphatic heterocycles. The van der Waals surface area contributed by atoms with E-state index < -0.39 is 5.60 Å². The van der Waals surface area contributed by atoms with E-state index in [2.05, 4.69) is 10.2 Å². The van der Waals surface area contributed by atoms with Crippen LogP contribution in [0.5, 0.6) is 0 Å². The first-order valence-corrected chi connectivity index (χ1v) is 6.58. The molecule has 1 saturated heterocycles. The molecule has 0 aromatic heterocycles. The van der Waals surface area contributed by atoms with Gasteiger partial charge in [-0.3, -0.25) is 4.79 Å². The highest BCUT2D eigenvalue weighted by Crippen LogP contribution is 2.31. The van der Waals surface area contributed by atoms with Crippen LogP contribution in [-0.4, -0.2) is 36.2 Å². The maximum atomic E-state index is 11.7. The molecule has 104 valence electrons. The Bertz CT molecular complexity index is 486. The van der Waals surface area contributed by atoms with Gasteiger partial charge < -0.3 is 21.1 Å². The van der Waals surface area contributed by atoms with Crippen LogP contribution in [0.15, 0.2) is 18.2 Å². The Morgan fingerprint density at radius 2 is 2.32 bits per heavy atom. The van der Waals surface area contributed by atoms with Crippen LogP contribution >= 0.6 is 0 Å². The summed E-state index contributed by atoms with van der Waals surface area (Å²) in [5.41, 5.74) is 7.37. The third-order valence-corrected chi connectivity index (χ3v) is 3.42. The fraction of sp³-hybridized carbons (Fsp3) is 0.500. The zero-order valence-corrected chi connectivity index (χ0v) is 11.4. The van der Waals surface area contributed by atoms with E-state index in [0.717, 1.165) is 18.7 Å². The molecule has 0 saturated carbocycles. The van der Waals surface area contributed by atoms with E-state index in [4.69, 9.17) is 5.73 Å². The number of carbonyl (C=O) groups excluding carboxylic acids is 1. The van der Waals surface area contributed by atoms with Crippen molar-refractivity contribution in [2.45, 2.75) is 25.9 Å². The Balaban J connectivity index is 2.18. The van der Waals surface area contributed by atoms with E-state index in [-0.39, 0.29) is 5.91 Å². The fourth-order valence-corrected chi connectivity index (χ4v) is 2.40. The molecule has 1 fully saturated rings. The van der Waals surface area contributed by atoms with Crippen molar-refractivity contribution >= 4 is 17.3 Å². The second kappa shape index (κ2) is 5.09. The van der Waals surface area contributed by atoms with Crippen molar-refractivity contribution < 1.29 is 9.90 Å². The Morgan fingerprint density at radius 1 is 1.58 bits per heavy atom. The van der Waals surface area contributed by atoms with Crippen molar-refractivity contribution in [2.24, 2.45) is 0 Å². The summed E-state index contributed by atoms with van der Waals surface area (Å²) < 4.78 is 0. The molecule has 4 N–H and O–H groups in total. The van der Waals surface area contributed by atoms with Gasteiger partial charge in [0.2, 0.25) is 0 Å². The lowest BCUT2D eigenvalue weighted by atomic mass is 10.1. The van der Waals surface area contributed by atoms with Gasteiger partial charge in [0.05, 0.1) is 17.0 Å². The Hall–Kier alpha value is -1.75. The highest BCUT2D eigenvalue weighted by atomic mass is 16.3. The molecular formula is C14H21N3O2. The van der Waals surface area contributed by atoms with Crippen molar-refractivity contribution in [1.82, 2.24) is 5.32 Å². The second-order valence-electron chi connectivity index (χ2n) is 5.30. The average Bonchev–Trinajstić information content (AvgIpc) is 2.69. The highest BCUT2D eigenvalue weighted by Gasteiger charge is 2.32. The number of nitrogens with zero attached hydrogens (tertiary/aromatic N) is 1. The Kier molecular flexibility index (Phi) is 3.66. The SMILES string of the molecule is CCNC(=O)c1ccc(N2CCC(C)(O)C2)c(N)c1. The number of anilines is 2. The number of carbonyl (C=O) groups is 1. The van der Waals surface area contributed by atoms with E-state index in [1.807, 2.05) is 19.9 Å². The van der Waals surface area contributed by atoms with Gasteiger partial charge in [-0.15, -0.1) is 0 Å². The molecule has 1 unspecified atom stereocenters. The summed E-state index contributed by atoms with van der Waals surface area (Å²) in [7, 11) is 0. The number of hydrogen-bond donors (Lipinski definition) is 3. The molecule has 1 aliphatic rings. The molecule has 0 aliphatic carbocycles. The number of β-amino-alcohol motifs (C(OH)–C–C–N with tert-alkyl or cyclic N) is 1. The second-order valence-corrected chi connectivity index (χ2v) is 5.30. The molecular weight excluding hydrogens is 242 g/mol. The zero-order valence-electron chi connectivity index (χ0n) is 11.4. The minimum atomic E-state index is -0.662. The molecule has 0 bridgehead atoms. The Labute approximate surface area is 113 Å². The summed E-state index contributed by atoms with van der Waals surface area (Å²) in [6, 6.07) is 5.30. The largest absolute Gasteiger partial charge is 0.397 e. The summed E-state index contributed by atoms with van der Waals surface area (Å²) in [5.74, 6) is -0.117. The third-order valence-electron chi connectivity index (χ3n) is 3.42. The molecule has 5 heteroatoms. The van der Waals surface area contributed by atoms with Gasteiger partial charge in [0.25, 0.3) is 5.91 Å². The number of amides is 1. The van der Waals surface area contributed by atoms with Crippen LogP contribution in [0.1, 0.15) is 30.6 Å². The van der Waals surface area contributed by atoms with Gasteiger partial charge in [-0.25, -0.2) is 0 Å². The van der Waals surface area contributed by atoms with E-state index in [9.17, 15) is 9.90 Å².